The fraction of sp³-hybridized carbons (Fsp3) is 0.692. The topological polar surface area (TPSA) is 64.2 Å². The third-order valence-electron chi connectivity index (χ3n) is 3.82. The normalized spacial score (nSPS) is 20.3. The van der Waals surface area contributed by atoms with E-state index >= 15 is 0 Å². The van der Waals surface area contributed by atoms with Crippen molar-refractivity contribution < 1.29 is 4.79 Å². The zero-order chi connectivity index (χ0) is 13.4. The SMILES string of the molecule is Cc1nn(C)c(C)c1C1CCCN1C(=O)C(C)N.Cl. The fourth-order valence-electron chi connectivity index (χ4n) is 2.86. The largest absolute Gasteiger partial charge is 0.334 e. The van der Waals surface area contributed by atoms with Gasteiger partial charge in [-0.15, -0.1) is 12.4 Å². The highest BCUT2D eigenvalue weighted by Gasteiger charge is 2.34. The second-order valence-electron chi connectivity index (χ2n) is 5.19. The van der Waals surface area contributed by atoms with Gasteiger partial charge >= 0.3 is 0 Å². The van der Waals surface area contributed by atoms with Gasteiger partial charge in [-0.3, -0.25) is 9.48 Å². The number of halogens is 1. The number of hydrogen-bond donors (Lipinski definition) is 1. The zero-order valence-electron chi connectivity index (χ0n) is 12.0. The standard InChI is InChI=1S/C13H22N4O.ClH/c1-8(14)13(18)17-7-5-6-11(17)12-9(2)15-16(4)10(12)3;/h8,11H,5-7,14H2,1-4H3;1H. The number of carbonyl (C=O) groups is 1. The summed E-state index contributed by atoms with van der Waals surface area (Å²) in [6.07, 6.45) is 2.04. The Balaban J connectivity index is 0.00000180. The lowest BCUT2D eigenvalue weighted by molar-refractivity contribution is -0.133. The molecule has 1 aliphatic rings. The van der Waals surface area contributed by atoms with Gasteiger partial charge in [-0.2, -0.15) is 5.10 Å². The van der Waals surface area contributed by atoms with Crippen LogP contribution < -0.4 is 5.73 Å². The van der Waals surface area contributed by atoms with E-state index in [0.717, 1.165) is 30.8 Å². The molecule has 19 heavy (non-hydrogen) atoms. The third kappa shape index (κ3) is 2.77. The van der Waals surface area contributed by atoms with Gasteiger partial charge in [0.1, 0.15) is 0 Å². The van der Waals surface area contributed by atoms with E-state index in [1.54, 1.807) is 6.92 Å². The average molecular weight is 287 g/mol. The van der Waals surface area contributed by atoms with Crippen molar-refractivity contribution in [2.24, 2.45) is 12.8 Å². The van der Waals surface area contributed by atoms with Crippen molar-refractivity contribution in [3.8, 4) is 0 Å². The number of likely N-dealkylation sites (tertiary alicyclic amines) is 1. The van der Waals surface area contributed by atoms with Crippen LogP contribution in [0.2, 0.25) is 0 Å². The van der Waals surface area contributed by atoms with E-state index < -0.39 is 6.04 Å². The molecule has 2 rings (SSSR count). The minimum atomic E-state index is -0.428. The van der Waals surface area contributed by atoms with Gasteiger partial charge in [0.25, 0.3) is 0 Å². The minimum absolute atomic E-state index is 0. The first-order valence-electron chi connectivity index (χ1n) is 6.49. The Hall–Kier alpha value is -1.07. The molecule has 1 saturated heterocycles. The second kappa shape index (κ2) is 5.92. The number of nitrogens with two attached hydrogens (primary N) is 1. The Bertz CT molecular complexity index is 469. The molecule has 1 amide bonds. The number of hydrogen-bond acceptors (Lipinski definition) is 3. The van der Waals surface area contributed by atoms with Gasteiger partial charge in [-0.05, 0) is 33.6 Å². The summed E-state index contributed by atoms with van der Waals surface area (Å²) >= 11 is 0. The van der Waals surface area contributed by atoms with Crippen molar-refractivity contribution in [1.82, 2.24) is 14.7 Å². The van der Waals surface area contributed by atoms with Gasteiger partial charge in [0, 0.05) is 24.8 Å². The predicted octanol–water partition coefficient (Wildman–Crippen LogP) is 1.47. The van der Waals surface area contributed by atoms with Gasteiger partial charge in [-0.1, -0.05) is 0 Å². The number of aryl methyl sites for hydroxylation is 2. The Morgan fingerprint density at radius 2 is 2.11 bits per heavy atom. The quantitative estimate of drug-likeness (QED) is 0.895. The van der Waals surface area contributed by atoms with Crippen LogP contribution in [0.25, 0.3) is 0 Å². The van der Waals surface area contributed by atoms with E-state index in [9.17, 15) is 4.79 Å². The predicted molar refractivity (Wildman–Crippen MR) is 77.3 cm³/mol. The van der Waals surface area contributed by atoms with Crippen molar-refractivity contribution in [2.45, 2.75) is 45.7 Å². The smallest absolute Gasteiger partial charge is 0.239 e. The van der Waals surface area contributed by atoms with Crippen LogP contribution in [0, 0.1) is 13.8 Å². The average Bonchev–Trinajstić information content (AvgIpc) is 2.84. The molecule has 0 bridgehead atoms. The first-order chi connectivity index (χ1) is 8.43. The van der Waals surface area contributed by atoms with Crippen molar-refractivity contribution in [1.29, 1.82) is 0 Å². The van der Waals surface area contributed by atoms with Gasteiger partial charge in [-0.25, -0.2) is 0 Å². The van der Waals surface area contributed by atoms with Gasteiger partial charge in [0.05, 0.1) is 17.8 Å². The molecule has 0 saturated carbocycles. The van der Waals surface area contributed by atoms with Crippen molar-refractivity contribution >= 4 is 18.3 Å². The molecule has 1 aromatic heterocycles. The molecule has 0 radical (unpaired) electrons. The minimum Gasteiger partial charge on any atom is -0.334 e. The van der Waals surface area contributed by atoms with Crippen LogP contribution in [-0.2, 0) is 11.8 Å². The molecular formula is C13H23ClN4O. The zero-order valence-corrected chi connectivity index (χ0v) is 12.8. The van der Waals surface area contributed by atoms with Crippen LogP contribution in [0.4, 0.5) is 0 Å². The number of amides is 1. The van der Waals surface area contributed by atoms with Crippen LogP contribution in [0.3, 0.4) is 0 Å². The molecule has 2 N–H and O–H groups in total. The molecule has 1 aromatic rings. The summed E-state index contributed by atoms with van der Waals surface area (Å²) in [4.78, 5) is 14.1. The van der Waals surface area contributed by atoms with E-state index in [4.69, 9.17) is 5.73 Å². The molecule has 108 valence electrons. The van der Waals surface area contributed by atoms with E-state index in [-0.39, 0.29) is 24.4 Å². The van der Waals surface area contributed by atoms with Crippen LogP contribution in [0.1, 0.15) is 42.8 Å². The van der Waals surface area contributed by atoms with E-state index in [1.807, 2.05) is 23.6 Å². The Morgan fingerprint density at radius 3 is 2.58 bits per heavy atom. The number of rotatable bonds is 2. The second-order valence-corrected chi connectivity index (χ2v) is 5.19. The highest BCUT2D eigenvalue weighted by atomic mass is 35.5. The Morgan fingerprint density at radius 1 is 1.47 bits per heavy atom. The maximum Gasteiger partial charge on any atom is 0.239 e. The maximum absolute atomic E-state index is 12.1. The Kier molecular flexibility index (Phi) is 4.98. The highest BCUT2D eigenvalue weighted by Crippen LogP contribution is 2.35. The molecule has 2 atom stereocenters. The molecule has 0 aromatic carbocycles. The molecule has 5 nitrogen and oxygen atoms in total. The van der Waals surface area contributed by atoms with Gasteiger partial charge < -0.3 is 10.6 Å². The fourth-order valence-corrected chi connectivity index (χ4v) is 2.86. The lowest BCUT2D eigenvalue weighted by Crippen LogP contribution is -2.41. The lowest BCUT2D eigenvalue weighted by Gasteiger charge is -2.26. The molecule has 2 unspecified atom stereocenters. The van der Waals surface area contributed by atoms with Crippen molar-refractivity contribution in [2.75, 3.05) is 6.54 Å². The molecular weight excluding hydrogens is 264 g/mol. The van der Waals surface area contributed by atoms with Gasteiger partial charge in [0.15, 0.2) is 0 Å². The first-order valence-corrected chi connectivity index (χ1v) is 6.49. The Labute approximate surface area is 120 Å². The first kappa shape index (κ1) is 16.0. The van der Waals surface area contributed by atoms with Crippen molar-refractivity contribution in [3.63, 3.8) is 0 Å². The van der Waals surface area contributed by atoms with Crippen LogP contribution in [0.5, 0.6) is 0 Å². The summed E-state index contributed by atoms with van der Waals surface area (Å²) in [6, 6.07) is -0.278. The summed E-state index contributed by atoms with van der Waals surface area (Å²) in [5.74, 6) is 0.0418. The lowest BCUT2D eigenvalue weighted by atomic mass is 10.0. The van der Waals surface area contributed by atoms with E-state index in [1.165, 1.54) is 5.56 Å². The number of carbonyl (C=O) groups excluding carboxylic acids is 1. The van der Waals surface area contributed by atoms with Gasteiger partial charge in [0.2, 0.25) is 5.91 Å². The molecule has 0 aliphatic carbocycles. The maximum atomic E-state index is 12.1. The van der Waals surface area contributed by atoms with Crippen LogP contribution in [0.15, 0.2) is 0 Å². The summed E-state index contributed by atoms with van der Waals surface area (Å²) in [7, 11) is 1.94. The summed E-state index contributed by atoms with van der Waals surface area (Å²) in [5.41, 5.74) is 9.08. The molecule has 1 aliphatic heterocycles. The van der Waals surface area contributed by atoms with E-state index in [2.05, 4.69) is 12.0 Å². The molecule has 2 heterocycles. The third-order valence-corrected chi connectivity index (χ3v) is 3.82. The molecule has 6 heteroatoms. The summed E-state index contributed by atoms with van der Waals surface area (Å²) in [6.45, 7) is 6.62. The molecule has 0 spiro atoms. The summed E-state index contributed by atoms with van der Waals surface area (Å²) in [5, 5.41) is 4.44. The van der Waals surface area contributed by atoms with Crippen LogP contribution >= 0.6 is 12.4 Å². The monoisotopic (exact) mass is 286 g/mol. The molecule has 1 fully saturated rings. The number of nitrogens with zero attached hydrogens (tertiary/aromatic N) is 3. The van der Waals surface area contributed by atoms with Crippen LogP contribution in [-0.4, -0.2) is 33.2 Å². The highest BCUT2D eigenvalue weighted by molar-refractivity contribution is 5.85. The van der Waals surface area contributed by atoms with E-state index in [0.29, 0.717) is 0 Å². The summed E-state index contributed by atoms with van der Waals surface area (Å²) < 4.78 is 1.89. The van der Waals surface area contributed by atoms with Crippen molar-refractivity contribution in [3.05, 3.63) is 17.0 Å². The number of aromatic nitrogens is 2.